The second kappa shape index (κ2) is 5.21. The van der Waals surface area contributed by atoms with Crippen molar-refractivity contribution in [1.82, 2.24) is 0 Å². The molecule has 88 valence electrons. The van der Waals surface area contributed by atoms with Crippen molar-refractivity contribution < 1.29 is 4.74 Å². The molecule has 2 aromatic rings. The van der Waals surface area contributed by atoms with Crippen LogP contribution < -0.4 is 10.5 Å². The molecule has 0 heterocycles. The normalized spacial score (nSPS) is 10.3. The summed E-state index contributed by atoms with van der Waals surface area (Å²) >= 11 is 6.05. The summed E-state index contributed by atoms with van der Waals surface area (Å²) in [5, 5.41) is 0.700. The summed E-state index contributed by atoms with van der Waals surface area (Å²) in [6, 6.07) is 13.7. The van der Waals surface area contributed by atoms with E-state index in [1.54, 1.807) is 7.11 Å². The first-order valence-corrected chi connectivity index (χ1v) is 5.76. The summed E-state index contributed by atoms with van der Waals surface area (Å²) in [6.45, 7) is 0.432. The van der Waals surface area contributed by atoms with Gasteiger partial charge >= 0.3 is 0 Å². The van der Waals surface area contributed by atoms with Crippen molar-refractivity contribution in [2.45, 2.75) is 6.54 Å². The van der Waals surface area contributed by atoms with Crippen LogP contribution in [0, 0.1) is 0 Å². The number of rotatable bonds is 3. The maximum absolute atomic E-state index is 6.05. The fraction of sp³-hybridized carbons (Fsp3) is 0.143. The van der Waals surface area contributed by atoms with E-state index < -0.39 is 0 Å². The quantitative estimate of drug-likeness (QED) is 0.901. The van der Waals surface area contributed by atoms with Crippen LogP contribution in [0.1, 0.15) is 5.56 Å². The summed E-state index contributed by atoms with van der Waals surface area (Å²) < 4.78 is 5.34. The molecule has 2 rings (SSSR count). The Kier molecular flexibility index (Phi) is 3.67. The summed E-state index contributed by atoms with van der Waals surface area (Å²) in [6.07, 6.45) is 0. The average Bonchev–Trinajstić information content (AvgIpc) is 2.39. The lowest BCUT2D eigenvalue weighted by molar-refractivity contribution is 0.416. The van der Waals surface area contributed by atoms with Crippen LogP contribution in [0.4, 0.5) is 0 Å². The SMILES string of the molecule is COc1ccccc1-c1ccc(Cl)c(CN)c1. The van der Waals surface area contributed by atoms with Gasteiger partial charge in [0.05, 0.1) is 7.11 Å². The Hall–Kier alpha value is -1.51. The third-order valence-corrected chi connectivity index (χ3v) is 3.05. The molecule has 0 atom stereocenters. The Balaban J connectivity index is 2.53. The Morgan fingerprint density at radius 1 is 1.18 bits per heavy atom. The second-order valence-electron chi connectivity index (χ2n) is 3.71. The Morgan fingerprint density at radius 2 is 1.94 bits per heavy atom. The second-order valence-corrected chi connectivity index (χ2v) is 4.12. The number of methoxy groups -OCH3 is 1. The zero-order valence-corrected chi connectivity index (χ0v) is 10.4. The van der Waals surface area contributed by atoms with Gasteiger partial charge in [-0.05, 0) is 29.3 Å². The molecule has 0 fully saturated rings. The van der Waals surface area contributed by atoms with E-state index in [0.29, 0.717) is 11.6 Å². The molecule has 0 aliphatic carbocycles. The van der Waals surface area contributed by atoms with Gasteiger partial charge in [0.15, 0.2) is 0 Å². The Bertz CT molecular complexity index is 525. The lowest BCUT2D eigenvalue weighted by atomic mass is 10.0. The molecule has 0 radical (unpaired) electrons. The highest BCUT2D eigenvalue weighted by atomic mass is 35.5. The van der Waals surface area contributed by atoms with Crippen LogP contribution in [0.5, 0.6) is 5.75 Å². The van der Waals surface area contributed by atoms with Gasteiger partial charge in [0.25, 0.3) is 0 Å². The fourth-order valence-corrected chi connectivity index (χ4v) is 1.98. The number of hydrogen-bond donors (Lipinski definition) is 1. The number of benzene rings is 2. The molecule has 2 aromatic carbocycles. The van der Waals surface area contributed by atoms with E-state index in [-0.39, 0.29) is 0 Å². The smallest absolute Gasteiger partial charge is 0.126 e. The maximum atomic E-state index is 6.05. The first-order valence-electron chi connectivity index (χ1n) is 5.38. The number of nitrogens with two attached hydrogens (primary N) is 1. The summed E-state index contributed by atoms with van der Waals surface area (Å²) in [5.74, 6) is 0.845. The molecule has 0 saturated heterocycles. The number of hydrogen-bond acceptors (Lipinski definition) is 2. The molecule has 0 aliphatic heterocycles. The Morgan fingerprint density at radius 3 is 2.65 bits per heavy atom. The standard InChI is InChI=1S/C14H14ClNO/c1-17-14-5-3-2-4-12(14)10-6-7-13(15)11(8-10)9-16/h2-8H,9,16H2,1H3. The molecule has 17 heavy (non-hydrogen) atoms. The molecular formula is C14H14ClNO. The van der Waals surface area contributed by atoms with Gasteiger partial charge in [-0.1, -0.05) is 35.9 Å². The van der Waals surface area contributed by atoms with E-state index in [2.05, 4.69) is 0 Å². The van der Waals surface area contributed by atoms with Gasteiger partial charge in [0.1, 0.15) is 5.75 Å². The fourth-order valence-electron chi connectivity index (χ4n) is 1.78. The topological polar surface area (TPSA) is 35.2 Å². The van der Waals surface area contributed by atoms with Crippen molar-refractivity contribution in [3.8, 4) is 16.9 Å². The van der Waals surface area contributed by atoms with Crippen LogP contribution in [-0.4, -0.2) is 7.11 Å². The molecule has 3 heteroatoms. The largest absolute Gasteiger partial charge is 0.496 e. The number of ether oxygens (including phenoxy) is 1. The third-order valence-electron chi connectivity index (χ3n) is 2.68. The van der Waals surface area contributed by atoms with Crippen LogP contribution in [0.15, 0.2) is 42.5 Å². The van der Waals surface area contributed by atoms with Crippen LogP contribution in [0.2, 0.25) is 5.02 Å². The van der Waals surface area contributed by atoms with Gasteiger partial charge < -0.3 is 10.5 Å². The predicted octanol–water partition coefficient (Wildman–Crippen LogP) is 3.47. The zero-order chi connectivity index (χ0) is 12.3. The summed E-state index contributed by atoms with van der Waals surface area (Å²) in [4.78, 5) is 0. The molecule has 0 aliphatic rings. The highest BCUT2D eigenvalue weighted by molar-refractivity contribution is 6.31. The van der Waals surface area contributed by atoms with Crippen molar-refractivity contribution in [3.05, 3.63) is 53.1 Å². The third kappa shape index (κ3) is 2.43. The monoisotopic (exact) mass is 247 g/mol. The highest BCUT2D eigenvalue weighted by Gasteiger charge is 2.06. The van der Waals surface area contributed by atoms with E-state index in [9.17, 15) is 0 Å². The van der Waals surface area contributed by atoms with Crippen molar-refractivity contribution in [2.24, 2.45) is 5.73 Å². The minimum Gasteiger partial charge on any atom is -0.496 e. The van der Waals surface area contributed by atoms with E-state index in [1.165, 1.54) is 0 Å². The lowest BCUT2D eigenvalue weighted by Crippen LogP contribution is -1.97. The zero-order valence-electron chi connectivity index (χ0n) is 9.61. The number of halogens is 1. The first-order chi connectivity index (χ1) is 8.26. The summed E-state index contributed by atoms with van der Waals surface area (Å²) in [7, 11) is 1.67. The van der Waals surface area contributed by atoms with E-state index in [1.807, 2.05) is 42.5 Å². The van der Waals surface area contributed by atoms with Gasteiger partial charge in [-0.2, -0.15) is 0 Å². The van der Waals surface area contributed by atoms with Crippen LogP contribution in [-0.2, 0) is 6.54 Å². The average molecular weight is 248 g/mol. The first kappa shape index (κ1) is 12.0. The summed E-state index contributed by atoms with van der Waals surface area (Å²) in [5.41, 5.74) is 8.70. The van der Waals surface area contributed by atoms with Crippen molar-refractivity contribution in [1.29, 1.82) is 0 Å². The molecule has 2 nitrogen and oxygen atoms in total. The van der Waals surface area contributed by atoms with Crippen molar-refractivity contribution in [2.75, 3.05) is 7.11 Å². The van der Waals surface area contributed by atoms with Crippen molar-refractivity contribution in [3.63, 3.8) is 0 Å². The molecule has 0 bridgehead atoms. The molecule has 0 spiro atoms. The Labute approximate surface area is 106 Å². The molecule has 0 amide bonds. The van der Waals surface area contributed by atoms with E-state index in [0.717, 1.165) is 22.4 Å². The molecule has 2 N–H and O–H groups in total. The van der Waals surface area contributed by atoms with Gasteiger partial charge in [-0.3, -0.25) is 0 Å². The van der Waals surface area contributed by atoms with Crippen molar-refractivity contribution >= 4 is 11.6 Å². The van der Waals surface area contributed by atoms with Crippen LogP contribution >= 0.6 is 11.6 Å². The van der Waals surface area contributed by atoms with Gasteiger partial charge in [-0.25, -0.2) is 0 Å². The number of para-hydroxylation sites is 1. The van der Waals surface area contributed by atoms with Crippen LogP contribution in [0.25, 0.3) is 11.1 Å². The van der Waals surface area contributed by atoms with E-state index in [4.69, 9.17) is 22.1 Å². The minimum atomic E-state index is 0.432. The molecule has 0 aromatic heterocycles. The molecule has 0 unspecified atom stereocenters. The lowest BCUT2D eigenvalue weighted by Gasteiger charge is -2.10. The van der Waals surface area contributed by atoms with Gasteiger partial charge in [0.2, 0.25) is 0 Å². The maximum Gasteiger partial charge on any atom is 0.126 e. The minimum absolute atomic E-state index is 0.432. The van der Waals surface area contributed by atoms with Crippen LogP contribution in [0.3, 0.4) is 0 Å². The van der Waals surface area contributed by atoms with E-state index >= 15 is 0 Å². The van der Waals surface area contributed by atoms with Gasteiger partial charge in [-0.15, -0.1) is 0 Å². The molecule has 0 saturated carbocycles. The highest BCUT2D eigenvalue weighted by Crippen LogP contribution is 2.31. The molecular weight excluding hydrogens is 234 g/mol. The predicted molar refractivity (Wildman–Crippen MR) is 71.3 cm³/mol. The van der Waals surface area contributed by atoms with Gasteiger partial charge in [0, 0.05) is 17.1 Å².